The van der Waals surface area contributed by atoms with E-state index >= 15 is 0 Å². The van der Waals surface area contributed by atoms with E-state index in [0.29, 0.717) is 10.8 Å². The number of carbonyl (C=O) groups excluding carboxylic acids is 1. The van der Waals surface area contributed by atoms with Crippen molar-refractivity contribution in [1.29, 1.82) is 0 Å². The fourth-order valence-electron chi connectivity index (χ4n) is 2.71. The number of H-pyrrole nitrogens is 1. The molecular weight excluding hydrogens is 342 g/mol. The molecule has 0 unspecified atom stereocenters. The summed E-state index contributed by atoms with van der Waals surface area (Å²) in [5.41, 5.74) is 1.97. The molecule has 130 valence electrons. The number of carboxylic acids is 1. The van der Waals surface area contributed by atoms with Crippen LogP contribution >= 0.6 is 11.8 Å². The summed E-state index contributed by atoms with van der Waals surface area (Å²) >= 11 is 1.15. The van der Waals surface area contributed by atoms with Gasteiger partial charge in [-0.2, -0.15) is 0 Å². The smallest absolute Gasteiger partial charge is 0.335 e. The van der Waals surface area contributed by atoms with E-state index in [1.165, 1.54) is 12.1 Å². The van der Waals surface area contributed by atoms with Crippen LogP contribution in [0.25, 0.3) is 0 Å². The van der Waals surface area contributed by atoms with E-state index in [4.69, 9.17) is 5.11 Å². The van der Waals surface area contributed by atoms with Crippen molar-refractivity contribution < 1.29 is 14.7 Å². The van der Waals surface area contributed by atoms with Crippen molar-refractivity contribution in [1.82, 2.24) is 9.97 Å². The molecule has 25 heavy (non-hydrogen) atoms. The van der Waals surface area contributed by atoms with Gasteiger partial charge in [-0.05, 0) is 43.9 Å². The predicted molar refractivity (Wildman–Crippen MR) is 94.3 cm³/mol. The molecule has 0 fully saturated rings. The number of hydrogen-bond donors (Lipinski definition) is 3. The second-order valence-corrected chi connectivity index (χ2v) is 6.69. The lowest BCUT2D eigenvalue weighted by atomic mass is 9.97. The number of fused-ring (bicyclic) bond motifs is 1. The quantitative estimate of drug-likeness (QED) is 0.557. The third-order valence-corrected chi connectivity index (χ3v) is 4.78. The van der Waals surface area contributed by atoms with Crippen LogP contribution < -0.4 is 10.9 Å². The predicted octanol–water partition coefficient (Wildman–Crippen LogP) is 2.08. The number of aromatic nitrogens is 2. The molecule has 1 aromatic heterocycles. The number of thioether (sulfide) groups is 1. The molecule has 0 bridgehead atoms. The number of carbonyl (C=O) groups is 2. The van der Waals surface area contributed by atoms with E-state index in [9.17, 15) is 14.4 Å². The van der Waals surface area contributed by atoms with Crippen LogP contribution in [0.1, 0.15) is 34.5 Å². The van der Waals surface area contributed by atoms with Gasteiger partial charge >= 0.3 is 5.97 Å². The lowest BCUT2D eigenvalue weighted by Gasteiger charge is -2.14. The van der Waals surface area contributed by atoms with Crippen LogP contribution in [0.4, 0.5) is 5.69 Å². The molecule has 0 atom stereocenters. The first-order valence-corrected chi connectivity index (χ1v) is 8.89. The van der Waals surface area contributed by atoms with Crippen molar-refractivity contribution in [2.75, 3.05) is 11.1 Å². The molecular formula is C17H17N3O4S. The van der Waals surface area contributed by atoms with E-state index in [0.717, 1.165) is 48.7 Å². The van der Waals surface area contributed by atoms with Crippen LogP contribution in [0, 0.1) is 0 Å². The summed E-state index contributed by atoms with van der Waals surface area (Å²) in [5.74, 6) is -1.28. The minimum atomic E-state index is -1.05. The van der Waals surface area contributed by atoms with Crippen molar-refractivity contribution in [2.45, 2.75) is 30.8 Å². The molecule has 0 saturated carbocycles. The molecule has 3 rings (SSSR count). The summed E-state index contributed by atoms with van der Waals surface area (Å²) in [5, 5.41) is 12.0. The molecule has 1 aromatic carbocycles. The second-order valence-electron chi connectivity index (χ2n) is 5.73. The number of nitrogens with one attached hydrogen (secondary N) is 2. The number of nitrogens with zero attached hydrogens (tertiary/aromatic N) is 1. The number of hydrogen-bond acceptors (Lipinski definition) is 5. The third-order valence-electron chi connectivity index (χ3n) is 3.90. The lowest BCUT2D eigenvalue weighted by Crippen LogP contribution is -2.22. The van der Waals surface area contributed by atoms with Crippen molar-refractivity contribution in [2.24, 2.45) is 0 Å². The Morgan fingerprint density at radius 3 is 2.88 bits per heavy atom. The minimum Gasteiger partial charge on any atom is -0.478 e. The number of rotatable bonds is 5. The number of carboxylic acid groups (broad SMARTS) is 1. The first kappa shape index (κ1) is 17.2. The molecule has 8 heteroatoms. The molecule has 0 aliphatic heterocycles. The Morgan fingerprint density at radius 2 is 2.08 bits per heavy atom. The van der Waals surface area contributed by atoms with E-state index < -0.39 is 5.97 Å². The SMILES string of the molecule is O=C(CSc1nc2c(c(=O)[nH]1)CCCC2)Nc1cccc(C(=O)O)c1. The highest BCUT2D eigenvalue weighted by Crippen LogP contribution is 2.19. The maximum absolute atomic E-state index is 12.1. The van der Waals surface area contributed by atoms with Gasteiger partial charge in [0.15, 0.2) is 5.16 Å². The molecule has 3 N–H and O–H groups in total. The summed E-state index contributed by atoms with van der Waals surface area (Å²) in [6.07, 6.45) is 3.57. The fraction of sp³-hybridized carbons (Fsp3) is 0.294. The Hall–Kier alpha value is -2.61. The van der Waals surface area contributed by atoms with E-state index in [1.807, 2.05) is 0 Å². The zero-order chi connectivity index (χ0) is 17.8. The van der Waals surface area contributed by atoms with Crippen LogP contribution in [-0.2, 0) is 17.6 Å². The minimum absolute atomic E-state index is 0.0685. The summed E-state index contributed by atoms with van der Waals surface area (Å²) in [4.78, 5) is 42.2. The first-order chi connectivity index (χ1) is 12.0. The number of anilines is 1. The number of aryl methyl sites for hydroxylation is 1. The normalized spacial score (nSPS) is 13.1. The molecule has 1 aliphatic carbocycles. The van der Waals surface area contributed by atoms with E-state index in [-0.39, 0.29) is 22.8 Å². The van der Waals surface area contributed by atoms with Crippen molar-refractivity contribution in [3.05, 3.63) is 51.4 Å². The van der Waals surface area contributed by atoms with Crippen LogP contribution in [0.5, 0.6) is 0 Å². The first-order valence-electron chi connectivity index (χ1n) is 7.91. The zero-order valence-corrected chi connectivity index (χ0v) is 14.2. The maximum Gasteiger partial charge on any atom is 0.335 e. The Morgan fingerprint density at radius 1 is 1.28 bits per heavy atom. The number of amides is 1. The fourth-order valence-corrected chi connectivity index (χ4v) is 3.39. The zero-order valence-electron chi connectivity index (χ0n) is 13.4. The highest BCUT2D eigenvalue weighted by molar-refractivity contribution is 7.99. The molecule has 1 heterocycles. The third kappa shape index (κ3) is 4.27. The van der Waals surface area contributed by atoms with E-state index in [2.05, 4.69) is 15.3 Å². The van der Waals surface area contributed by atoms with Crippen molar-refractivity contribution in [3.8, 4) is 0 Å². The van der Waals surface area contributed by atoms with E-state index in [1.54, 1.807) is 12.1 Å². The van der Waals surface area contributed by atoms with Gasteiger partial charge in [0.05, 0.1) is 17.0 Å². The molecule has 0 saturated heterocycles. The Balaban J connectivity index is 1.63. The van der Waals surface area contributed by atoms with Gasteiger partial charge in [-0.25, -0.2) is 9.78 Å². The van der Waals surface area contributed by atoms with Crippen LogP contribution in [-0.4, -0.2) is 32.7 Å². The van der Waals surface area contributed by atoms with Crippen molar-refractivity contribution in [3.63, 3.8) is 0 Å². The molecule has 2 aromatic rings. The molecule has 0 spiro atoms. The molecule has 0 radical (unpaired) electrons. The Bertz CT molecular complexity index is 878. The maximum atomic E-state index is 12.1. The largest absolute Gasteiger partial charge is 0.478 e. The summed E-state index contributed by atoms with van der Waals surface area (Å²) in [7, 11) is 0. The monoisotopic (exact) mass is 359 g/mol. The Kier molecular flexibility index (Phi) is 5.18. The number of benzene rings is 1. The average molecular weight is 359 g/mol. The van der Waals surface area contributed by atoms with Gasteiger partial charge in [-0.3, -0.25) is 9.59 Å². The summed E-state index contributed by atoms with van der Waals surface area (Å²) < 4.78 is 0. The molecule has 7 nitrogen and oxygen atoms in total. The molecule has 1 amide bonds. The average Bonchev–Trinajstić information content (AvgIpc) is 2.60. The topological polar surface area (TPSA) is 112 Å². The number of aromatic carboxylic acids is 1. The van der Waals surface area contributed by atoms with Gasteiger partial charge in [-0.15, -0.1) is 0 Å². The summed E-state index contributed by atoms with van der Waals surface area (Å²) in [6, 6.07) is 6.03. The van der Waals surface area contributed by atoms with Crippen LogP contribution in [0.3, 0.4) is 0 Å². The van der Waals surface area contributed by atoms with Gasteiger partial charge in [-0.1, -0.05) is 17.8 Å². The Labute approximate surface area is 147 Å². The number of aromatic amines is 1. The van der Waals surface area contributed by atoms with Gasteiger partial charge < -0.3 is 15.4 Å². The van der Waals surface area contributed by atoms with Crippen molar-refractivity contribution >= 4 is 29.3 Å². The van der Waals surface area contributed by atoms with Crippen LogP contribution in [0.15, 0.2) is 34.2 Å². The molecule has 1 aliphatic rings. The standard InChI is InChI=1S/C17H17N3O4S/c21-14(18-11-5-3-4-10(8-11)16(23)24)9-25-17-19-13-7-2-1-6-12(13)15(22)20-17/h3-5,8H,1-2,6-7,9H2,(H,18,21)(H,23,24)(H,19,20,22). The second kappa shape index (κ2) is 7.52. The highest BCUT2D eigenvalue weighted by atomic mass is 32.2. The van der Waals surface area contributed by atoms with Gasteiger partial charge in [0.25, 0.3) is 5.56 Å². The lowest BCUT2D eigenvalue weighted by molar-refractivity contribution is -0.113. The summed E-state index contributed by atoms with van der Waals surface area (Å²) in [6.45, 7) is 0. The highest BCUT2D eigenvalue weighted by Gasteiger charge is 2.16. The van der Waals surface area contributed by atoms with Crippen LogP contribution in [0.2, 0.25) is 0 Å². The van der Waals surface area contributed by atoms with Gasteiger partial charge in [0.2, 0.25) is 5.91 Å². The van der Waals surface area contributed by atoms with Gasteiger partial charge in [0.1, 0.15) is 0 Å². The van der Waals surface area contributed by atoms with Gasteiger partial charge in [0, 0.05) is 11.3 Å².